The normalized spacial score (nSPS) is 20.9. The molecule has 0 spiro atoms. The van der Waals surface area contributed by atoms with Crippen molar-refractivity contribution < 1.29 is 0 Å². The fourth-order valence-corrected chi connectivity index (χ4v) is 2.73. The SMILES string of the molecule is CCN(CC)C(N)=N[C@@H]1C[C@H]1c1cnn(-c2ccccc2)c1. The van der Waals surface area contributed by atoms with Crippen LogP contribution in [0.5, 0.6) is 0 Å². The molecule has 0 amide bonds. The molecule has 0 aliphatic heterocycles. The lowest BCUT2D eigenvalue weighted by atomic mass is 10.2. The molecule has 5 heteroatoms. The summed E-state index contributed by atoms with van der Waals surface area (Å²) in [6, 6.07) is 10.5. The van der Waals surface area contributed by atoms with E-state index in [0.29, 0.717) is 17.9 Å². The third-order valence-electron chi connectivity index (χ3n) is 4.19. The molecule has 0 saturated heterocycles. The molecule has 1 heterocycles. The molecule has 3 rings (SSSR count). The molecule has 1 fully saturated rings. The van der Waals surface area contributed by atoms with Crippen LogP contribution in [0.3, 0.4) is 0 Å². The number of nitrogens with two attached hydrogens (primary N) is 1. The quantitative estimate of drug-likeness (QED) is 0.681. The lowest BCUT2D eigenvalue weighted by Crippen LogP contribution is -2.37. The molecule has 22 heavy (non-hydrogen) atoms. The van der Waals surface area contributed by atoms with Crippen molar-refractivity contribution in [3.63, 3.8) is 0 Å². The smallest absolute Gasteiger partial charge is 0.191 e. The van der Waals surface area contributed by atoms with Gasteiger partial charge in [0, 0.05) is 25.2 Å². The van der Waals surface area contributed by atoms with E-state index in [1.807, 2.05) is 29.1 Å². The van der Waals surface area contributed by atoms with Crippen LogP contribution < -0.4 is 5.73 Å². The third kappa shape index (κ3) is 2.98. The lowest BCUT2D eigenvalue weighted by Gasteiger charge is -2.19. The predicted octanol–water partition coefficient (Wildman–Crippen LogP) is 2.38. The predicted molar refractivity (Wildman–Crippen MR) is 89.3 cm³/mol. The van der Waals surface area contributed by atoms with Crippen LogP contribution in [0.4, 0.5) is 0 Å². The van der Waals surface area contributed by atoms with Crippen LogP contribution in [0.15, 0.2) is 47.7 Å². The molecule has 116 valence electrons. The molecule has 1 aromatic carbocycles. The summed E-state index contributed by atoms with van der Waals surface area (Å²) < 4.78 is 1.92. The Morgan fingerprint density at radius 1 is 1.32 bits per heavy atom. The van der Waals surface area contributed by atoms with Gasteiger partial charge in [0.1, 0.15) is 0 Å². The molecule has 0 bridgehead atoms. The minimum Gasteiger partial charge on any atom is -0.370 e. The second-order valence-corrected chi connectivity index (χ2v) is 5.62. The van der Waals surface area contributed by atoms with Gasteiger partial charge in [-0.25, -0.2) is 9.67 Å². The van der Waals surface area contributed by atoms with E-state index in [1.165, 1.54) is 5.56 Å². The van der Waals surface area contributed by atoms with Crippen LogP contribution in [0.25, 0.3) is 5.69 Å². The Morgan fingerprint density at radius 2 is 2.05 bits per heavy atom. The van der Waals surface area contributed by atoms with E-state index in [0.717, 1.165) is 25.2 Å². The Labute approximate surface area is 131 Å². The minimum atomic E-state index is 0.300. The molecule has 5 nitrogen and oxygen atoms in total. The van der Waals surface area contributed by atoms with E-state index < -0.39 is 0 Å². The highest BCUT2D eigenvalue weighted by atomic mass is 15.3. The van der Waals surface area contributed by atoms with Gasteiger partial charge in [-0.05, 0) is 38.0 Å². The lowest BCUT2D eigenvalue weighted by molar-refractivity contribution is 0.458. The van der Waals surface area contributed by atoms with Gasteiger partial charge in [0.25, 0.3) is 0 Å². The zero-order chi connectivity index (χ0) is 15.5. The second kappa shape index (κ2) is 6.22. The maximum atomic E-state index is 6.07. The van der Waals surface area contributed by atoms with Crippen molar-refractivity contribution in [2.45, 2.75) is 32.2 Å². The second-order valence-electron chi connectivity index (χ2n) is 5.62. The van der Waals surface area contributed by atoms with Gasteiger partial charge in [-0.15, -0.1) is 0 Å². The van der Waals surface area contributed by atoms with Crippen LogP contribution >= 0.6 is 0 Å². The van der Waals surface area contributed by atoms with Crippen molar-refractivity contribution in [1.29, 1.82) is 0 Å². The first-order valence-corrected chi connectivity index (χ1v) is 7.91. The molecule has 1 aromatic heterocycles. The average Bonchev–Trinajstić information content (AvgIpc) is 3.13. The van der Waals surface area contributed by atoms with Crippen LogP contribution in [-0.4, -0.2) is 39.8 Å². The van der Waals surface area contributed by atoms with E-state index in [-0.39, 0.29) is 0 Å². The standard InChI is InChI=1S/C17H23N5/c1-3-21(4-2)17(18)20-16-10-15(16)13-11-19-22(12-13)14-8-6-5-7-9-14/h5-9,11-12,15-16H,3-4,10H2,1-2H3,(H2,18,20)/t15-,16+/m0/s1. The number of nitrogens with zero attached hydrogens (tertiary/aromatic N) is 4. The maximum Gasteiger partial charge on any atom is 0.191 e. The van der Waals surface area contributed by atoms with Gasteiger partial charge < -0.3 is 10.6 Å². The zero-order valence-corrected chi connectivity index (χ0v) is 13.2. The fraction of sp³-hybridized carbons (Fsp3) is 0.412. The Balaban J connectivity index is 1.68. The molecule has 1 aliphatic rings. The molecule has 2 aromatic rings. The zero-order valence-electron chi connectivity index (χ0n) is 13.2. The van der Waals surface area contributed by atoms with Crippen molar-refractivity contribution in [1.82, 2.24) is 14.7 Å². The number of aliphatic imine (C=N–C) groups is 1. The molecule has 2 N–H and O–H groups in total. The van der Waals surface area contributed by atoms with Crippen molar-refractivity contribution in [2.75, 3.05) is 13.1 Å². The largest absolute Gasteiger partial charge is 0.370 e. The van der Waals surface area contributed by atoms with E-state index in [4.69, 9.17) is 5.73 Å². The van der Waals surface area contributed by atoms with Crippen LogP contribution in [0, 0.1) is 0 Å². The molecule has 1 saturated carbocycles. The van der Waals surface area contributed by atoms with Gasteiger partial charge in [0.05, 0.1) is 17.9 Å². The summed E-state index contributed by atoms with van der Waals surface area (Å²) in [6.45, 7) is 5.99. The van der Waals surface area contributed by atoms with Gasteiger partial charge in [-0.2, -0.15) is 5.10 Å². The van der Waals surface area contributed by atoms with Gasteiger partial charge in [0.2, 0.25) is 0 Å². The first kappa shape index (κ1) is 14.6. The highest BCUT2D eigenvalue weighted by molar-refractivity contribution is 5.78. The maximum absolute atomic E-state index is 6.07. The van der Waals surface area contributed by atoms with Gasteiger partial charge in [0.15, 0.2) is 5.96 Å². The first-order valence-electron chi connectivity index (χ1n) is 7.91. The Morgan fingerprint density at radius 3 is 2.73 bits per heavy atom. The minimum absolute atomic E-state index is 0.300. The first-order chi connectivity index (χ1) is 10.7. The number of para-hydroxylation sites is 1. The molecular weight excluding hydrogens is 274 g/mol. The molecule has 0 radical (unpaired) electrons. The summed E-state index contributed by atoms with van der Waals surface area (Å²) in [7, 11) is 0. The summed E-state index contributed by atoms with van der Waals surface area (Å²) in [5.74, 6) is 1.11. The number of guanidine groups is 1. The monoisotopic (exact) mass is 297 g/mol. The van der Waals surface area contributed by atoms with Crippen LogP contribution in [0.2, 0.25) is 0 Å². The Bertz CT molecular complexity index is 642. The summed E-state index contributed by atoms with van der Waals surface area (Å²) in [6.07, 6.45) is 5.10. The fourth-order valence-electron chi connectivity index (χ4n) is 2.73. The summed E-state index contributed by atoms with van der Waals surface area (Å²) in [4.78, 5) is 6.74. The number of aromatic nitrogens is 2. The highest BCUT2D eigenvalue weighted by Crippen LogP contribution is 2.43. The van der Waals surface area contributed by atoms with Crippen LogP contribution in [0.1, 0.15) is 31.7 Å². The average molecular weight is 297 g/mol. The molecule has 2 atom stereocenters. The van der Waals surface area contributed by atoms with Crippen molar-refractivity contribution in [3.8, 4) is 5.69 Å². The van der Waals surface area contributed by atoms with Gasteiger partial charge in [-0.1, -0.05) is 18.2 Å². The Kier molecular flexibility index (Phi) is 4.13. The van der Waals surface area contributed by atoms with Crippen molar-refractivity contribution in [2.24, 2.45) is 10.7 Å². The summed E-state index contributed by atoms with van der Waals surface area (Å²) >= 11 is 0. The number of hydrogen-bond donors (Lipinski definition) is 1. The van der Waals surface area contributed by atoms with Gasteiger partial charge in [-0.3, -0.25) is 0 Å². The third-order valence-corrected chi connectivity index (χ3v) is 4.19. The Hall–Kier alpha value is -2.30. The molecular formula is C17H23N5. The molecule has 0 unspecified atom stereocenters. The van der Waals surface area contributed by atoms with E-state index in [2.05, 4.69) is 47.2 Å². The van der Waals surface area contributed by atoms with Crippen molar-refractivity contribution in [3.05, 3.63) is 48.3 Å². The number of benzene rings is 1. The van der Waals surface area contributed by atoms with Crippen LogP contribution in [-0.2, 0) is 0 Å². The molecule has 1 aliphatic carbocycles. The van der Waals surface area contributed by atoms with E-state index in [1.54, 1.807) is 0 Å². The van der Waals surface area contributed by atoms with Gasteiger partial charge >= 0.3 is 0 Å². The van der Waals surface area contributed by atoms with E-state index >= 15 is 0 Å². The topological polar surface area (TPSA) is 59.4 Å². The highest BCUT2D eigenvalue weighted by Gasteiger charge is 2.39. The van der Waals surface area contributed by atoms with Crippen molar-refractivity contribution >= 4 is 5.96 Å². The summed E-state index contributed by atoms with van der Waals surface area (Å²) in [5, 5.41) is 4.46. The number of rotatable bonds is 5. The van der Waals surface area contributed by atoms with E-state index in [9.17, 15) is 0 Å². The summed E-state index contributed by atoms with van der Waals surface area (Å²) in [5.41, 5.74) is 8.39. The number of hydrogen-bond acceptors (Lipinski definition) is 2.